The van der Waals surface area contributed by atoms with Crippen LogP contribution in [0.3, 0.4) is 0 Å². The van der Waals surface area contributed by atoms with E-state index in [4.69, 9.17) is 9.72 Å². The van der Waals surface area contributed by atoms with Gasteiger partial charge >= 0.3 is 6.03 Å². The van der Waals surface area contributed by atoms with Gasteiger partial charge < -0.3 is 19.9 Å². The molecule has 2 aliphatic heterocycles. The molecule has 0 atom stereocenters. The van der Waals surface area contributed by atoms with E-state index in [9.17, 15) is 4.79 Å². The minimum atomic E-state index is 0.0350. The van der Waals surface area contributed by atoms with Crippen LogP contribution < -0.4 is 10.2 Å². The van der Waals surface area contributed by atoms with Gasteiger partial charge in [0.05, 0.1) is 32.0 Å². The monoisotopic (exact) mass is 331 g/mol. The number of fused-ring (bicyclic) bond motifs is 1. The van der Waals surface area contributed by atoms with E-state index >= 15 is 0 Å². The predicted octanol–water partition coefficient (Wildman–Crippen LogP) is 1.67. The lowest BCUT2D eigenvalue weighted by Gasteiger charge is -2.26. The standard InChI is InChI=1S/C17H25N5O2/c23-17(19-14-4-2-1-3-5-14)22-11-13-10-18-16(20-15(13)12-22)21-6-8-24-9-7-21/h10,14H,1-9,11-12H2,(H,19,23). The van der Waals surface area contributed by atoms with Gasteiger partial charge in [-0.1, -0.05) is 19.3 Å². The van der Waals surface area contributed by atoms with E-state index in [0.29, 0.717) is 19.1 Å². The molecular weight excluding hydrogens is 306 g/mol. The van der Waals surface area contributed by atoms with Gasteiger partial charge in [-0.15, -0.1) is 0 Å². The molecule has 2 fully saturated rings. The van der Waals surface area contributed by atoms with Gasteiger partial charge in [0.15, 0.2) is 0 Å². The third kappa shape index (κ3) is 3.31. The fraction of sp³-hybridized carbons (Fsp3) is 0.706. The molecule has 1 aromatic heterocycles. The van der Waals surface area contributed by atoms with Gasteiger partial charge in [-0.05, 0) is 12.8 Å². The molecule has 24 heavy (non-hydrogen) atoms. The van der Waals surface area contributed by atoms with Crippen LogP contribution in [0.25, 0.3) is 0 Å². The summed E-state index contributed by atoms with van der Waals surface area (Å²) in [7, 11) is 0. The first kappa shape index (κ1) is 15.6. The number of rotatable bonds is 2. The van der Waals surface area contributed by atoms with Crippen molar-refractivity contribution in [1.82, 2.24) is 20.2 Å². The molecule has 130 valence electrons. The minimum Gasteiger partial charge on any atom is -0.378 e. The van der Waals surface area contributed by atoms with Crippen molar-refractivity contribution < 1.29 is 9.53 Å². The maximum Gasteiger partial charge on any atom is 0.318 e. The van der Waals surface area contributed by atoms with Crippen molar-refractivity contribution >= 4 is 12.0 Å². The Labute approximate surface area is 142 Å². The maximum absolute atomic E-state index is 12.5. The Morgan fingerprint density at radius 1 is 1.17 bits per heavy atom. The van der Waals surface area contributed by atoms with E-state index in [2.05, 4.69) is 15.2 Å². The van der Waals surface area contributed by atoms with Gasteiger partial charge in [0, 0.05) is 30.9 Å². The summed E-state index contributed by atoms with van der Waals surface area (Å²) in [4.78, 5) is 25.7. The Hall–Kier alpha value is -1.89. The number of aromatic nitrogens is 2. The highest BCUT2D eigenvalue weighted by molar-refractivity contribution is 5.75. The Kier molecular flexibility index (Phi) is 4.51. The summed E-state index contributed by atoms with van der Waals surface area (Å²) in [6.45, 7) is 4.27. The van der Waals surface area contributed by atoms with Gasteiger partial charge in [0.1, 0.15) is 0 Å². The summed E-state index contributed by atoms with van der Waals surface area (Å²) in [5.41, 5.74) is 2.04. The average molecular weight is 331 g/mol. The number of ether oxygens (including phenoxy) is 1. The number of nitrogens with one attached hydrogen (secondary N) is 1. The molecule has 1 aromatic rings. The molecule has 2 amide bonds. The summed E-state index contributed by atoms with van der Waals surface area (Å²) in [6.07, 6.45) is 7.82. The van der Waals surface area contributed by atoms with Crippen LogP contribution >= 0.6 is 0 Å². The minimum absolute atomic E-state index is 0.0350. The Morgan fingerprint density at radius 3 is 2.75 bits per heavy atom. The van der Waals surface area contributed by atoms with E-state index in [1.54, 1.807) is 0 Å². The third-order valence-corrected chi connectivity index (χ3v) is 5.16. The molecular formula is C17H25N5O2. The number of hydrogen-bond acceptors (Lipinski definition) is 5. The fourth-order valence-corrected chi connectivity index (χ4v) is 3.71. The average Bonchev–Trinajstić information content (AvgIpc) is 3.07. The van der Waals surface area contributed by atoms with Gasteiger partial charge in [-0.2, -0.15) is 0 Å². The molecule has 1 saturated heterocycles. The van der Waals surface area contributed by atoms with Crippen LogP contribution in [-0.2, 0) is 17.8 Å². The van der Waals surface area contributed by atoms with Crippen LogP contribution in [-0.4, -0.2) is 53.2 Å². The van der Waals surface area contributed by atoms with Crippen LogP contribution in [0.2, 0.25) is 0 Å². The van der Waals surface area contributed by atoms with E-state index in [1.165, 1.54) is 19.3 Å². The molecule has 7 heteroatoms. The number of anilines is 1. The Bertz CT molecular complexity index is 597. The van der Waals surface area contributed by atoms with Gasteiger partial charge in [0.2, 0.25) is 5.95 Å². The second-order valence-electron chi connectivity index (χ2n) is 6.88. The highest BCUT2D eigenvalue weighted by atomic mass is 16.5. The van der Waals surface area contributed by atoms with Crippen LogP contribution in [0.4, 0.5) is 10.7 Å². The smallest absolute Gasteiger partial charge is 0.318 e. The molecule has 3 aliphatic rings. The van der Waals surface area contributed by atoms with E-state index < -0.39 is 0 Å². The zero-order chi connectivity index (χ0) is 16.4. The summed E-state index contributed by atoms with van der Waals surface area (Å²) < 4.78 is 5.38. The van der Waals surface area contributed by atoms with Gasteiger partial charge in [-0.3, -0.25) is 0 Å². The van der Waals surface area contributed by atoms with Crippen molar-refractivity contribution in [3.05, 3.63) is 17.5 Å². The summed E-state index contributed by atoms with van der Waals surface area (Å²) >= 11 is 0. The summed E-state index contributed by atoms with van der Waals surface area (Å²) in [5, 5.41) is 3.19. The van der Waals surface area contributed by atoms with E-state index in [-0.39, 0.29) is 6.03 Å². The topological polar surface area (TPSA) is 70.6 Å². The van der Waals surface area contributed by atoms with Crippen molar-refractivity contribution in [3.8, 4) is 0 Å². The molecule has 4 rings (SSSR count). The SMILES string of the molecule is O=C(NC1CCCCC1)N1Cc2cnc(N3CCOCC3)nc2C1. The predicted molar refractivity (Wildman–Crippen MR) is 89.7 cm³/mol. The number of morpholine rings is 1. The maximum atomic E-state index is 12.5. The lowest BCUT2D eigenvalue weighted by atomic mass is 9.96. The van der Waals surface area contributed by atoms with E-state index in [0.717, 1.165) is 56.4 Å². The highest BCUT2D eigenvalue weighted by Crippen LogP contribution is 2.24. The zero-order valence-electron chi connectivity index (χ0n) is 14.0. The highest BCUT2D eigenvalue weighted by Gasteiger charge is 2.28. The largest absolute Gasteiger partial charge is 0.378 e. The lowest BCUT2D eigenvalue weighted by molar-refractivity contribution is 0.122. The first-order chi connectivity index (χ1) is 11.8. The first-order valence-corrected chi connectivity index (χ1v) is 9.02. The molecule has 0 bridgehead atoms. The van der Waals surface area contributed by atoms with Crippen molar-refractivity contribution in [2.75, 3.05) is 31.2 Å². The first-order valence-electron chi connectivity index (χ1n) is 9.02. The number of carbonyl (C=O) groups is 1. The fourth-order valence-electron chi connectivity index (χ4n) is 3.71. The molecule has 7 nitrogen and oxygen atoms in total. The molecule has 1 aliphatic carbocycles. The van der Waals surface area contributed by atoms with Gasteiger partial charge in [-0.25, -0.2) is 14.8 Å². The van der Waals surface area contributed by atoms with Crippen LogP contribution in [0.5, 0.6) is 0 Å². The van der Waals surface area contributed by atoms with Crippen molar-refractivity contribution in [2.24, 2.45) is 0 Å². The molecule has 0 spiro atoms. The van der Waals surface area contributed by atoms with Crippen molar-refractivity contribution in [2.45, 2.75) is 51.2 Å². The third-order valence-electron chi connectivity index (χ3n) is 5.16. The number of amides is 2. The quantitative estimate of drug-likeness (QED) is 0.893. The molecule has 0 unspecified atom stereocenters. The molecule has 1 N–H and O–H groups in total. The molecule has 1 saturated carbocycles. The van der Waals surface area contributed by atoms with Crippen LogP contribution in [0.1, 0.15) is 43.4 Å². The van der Waals surface area contributed by atoms with E-state index in [1.807, 2.05) is 11.1 Å². The zero-order valence-corrected chi connectivity index (χ0v) is 14.0. The van der Waals surface area contributed by atoms with Crippen LogP contribution in [0, 0.1) is 0 Å². The summed E-state index contributed by atoms with van der Waals surface area (Å²) in [5.74, 6) is 0.756. The molecule has 3 heterocycles. The lowest BCUT2D eigenvalue weighted by Crippen LogP contribution is -2.43. The number of hydrogen-bond donors (Lipinski definition) is 1. The molecule has 0 aromatic carbocycles. The molecule has 0 radical (unpaired) electrons. The number of urea groups is 1. The Balaban J connectivity index is 1.39. The number of nitrogens with zero attached hydrogens (tertiary/aromatic N) is 4. The Morgan fingerprint density at radius 2 is 1.96 bits per heavy atom. The second kappa shape index (κ2) is 6.93. The normalized spacial score (nSPS) is 21.7. The number of carbonyl (C=O) groups excluding carboxylic acids is 1. The van der Waals surface area contributed by atoms with Gasteiger partial charge in [0.25, 0.3) is 0 Å². The van der Waals surface area contributed by atoms with Crippen molar-refractivity contribution in [1.29, 1.82) is 0 Å². The van der Waals surface area contributed by atoms with Crippen LogP contribution in [0.15, 0.2) is 6.20 Å². The van der Waals surface area contributed by atoms with Crippen molar-refractivity contribution in [3.63, 3.8) is 0 Å². The second-order valence-corrected chi connectivity index (χ2v) is 6.88. The summed E-state index contributed by atoms with van der Waals surface area (Å²) in [6, 6.07) is 0.373.